The zero-order valence-corrected chi connectivity index (χ0v) is 11.1. The second kappa shape index (κ2) is 5.66. The van der Waals surface area contributed by atoms with E-state index in [2.05, 4.69) is 15.1 Å². The molecular weight excluding hydrogens is 256 g/mol. The van der Waals surface area contributed by atoms with Gasteiger partial charge < -0.3 is 9.47 Å². The molecule has 0 aliphatic rings. The Morgan fingerprint density at radius 3 is 2.90 bits per heavy atom. The van der Waals surface area contributed by atoms with E-state index in [1.54, 1.807) is 24.0 Å². The molecule has 0 radical (unpaired) electrons. The van der Waals surface area contributed by atoms with Crippen molar-refractivity contribution < 1.29 is 9.47 Å². The number of hydrogen-bond acceptors (Lipinski definition) is 5. The molecule has 6 nitrogen and oxygen atoms in total. The van der Waals surface area contributed by atoms with E-state index in [1.165, 1.54) is 0 Å². The summed E-state index contributed by atoms with van der Waals surface area (Å²) in [6.07, 6.45) is 5.08. The predicted octanol–water partition coefficient (Wildman–Crippen LogP) is 1.82. The van der Waals surface area contributed by atoms with Crippen molar-refractivity contribution in [2.45, 2.75) is 0 Å². The maximum atomic E-state index is 5.71. The third kappa shape index (κ3) is 2.46. The summed E-state index contributed by atoms with van der Waals surface area (Å²) >= 11 is 0. The fourth-order valence-electron chi connectivity index (χ4n) is 1.90. The van der Waals surface area contributed by atoms with Crippen LogP contribution in [0.25, 0.3) is 17.0 Å². The summed E-state index contributed by atoms with van der Waals surface area (Å²) in [5.41, 5.74) is 1.69. The predicted molar refractivity (Wildman–Crippen MR) is 73.6 cm³/mol. The van der Waals surface area contributed by atoms with Gasteiger partial charge >= 0.3 is 0 Å². The number of aromatic nitrogens is 4. The fourth-order valence-corrected chi connectivity index (χ4v) is 1.90. The molecule has 1 aromatic carbocycles. The van der Waals surface area contributed by atoms with Crippen molar-refractivity contribution >= 4 is 5.78 Å². The minimum Gasteiger partial charge on any atom is -0.490 e. The summed E-state index contributed by atoms with van der Waals surface area (Å²) in [6, 6.07) is 7.75. The highest BCUT2D eigenvalue weighted by molar-refractivity contribution is 5.68. The standard InChI is InChI=1S/C14H14N4O2/c1-19-8-9-20-13-5-3-2-4-11(13)12-10-18-14(17-12)15-6-7-16-18/h2-7,10H,8-9H2,1H3. The van der Waals surface area contributed by atoms with Crippen LogP contribution in [0.3, 0.4) is 0 Å². The van der Waals surface area contributed by atoms with Gasteiger partial charge in [0, 0.05) is 12.7 Å². The van der Waals surface area contributed by atoms with E-state index in [0.717, 1.165) is 17.0 Å². The van der Waals surface area contributed by atoms with Gasteiger partial charge in [-0.25, -0.2) is 14.5 Å². The molecule has 0 N–H and O–H groups in total. The van der Waals surface area contributed by atoms with Crippen molar-refractivity contribution in [3.05, 3.63) is 42.9 Å². The van der Waals surface area contributed by atoms with Crippen LogP contribution in [0.2, 0.25) is 0 Å². The molecule has 0 saturated heterocycles. The van der Waals surface area contributed by atoms with Gasteiger partial charge in [0.2, 0.25) is 0 Å². The zero-order chi connectivity index (χ0) is 13.8. The van der Waals surface area contributed by atoms with Crippen molar-refractivity contribution in [2.75, 3.05) is 20.3 Å². The lowest BCUT2D eigenvalue weighted by Gasteiger charge is -2.09. The first-order valence-corrected chi connectivity index (χ1v) is 6.26. The maximum absolute atomic E-state index is 5.71. The SMILES string of the molecule is COCCOc1ccccc1-c1cn2nccnc2n1. The number of benzene rings is 1. The fraction of sp³-hybridized carbons (Fsp3) is 0.214. The second-order valence-electron chi connectivity index (χ2n) is 4.15. The first-order valence-electron chi connectivity index (χ1n) is 6.26. The Morgan fingerprint density at radius 1 is 1.15 bits per heavy atom. The Morgan fingerprint density at radius 2 is 2.05 bits per heavy atom. The Labute approximate surface area is 116 Å². The van der Waals surface area contributed by atoms with Crippen LogP contribution in [0.15, 0.2) is 42.9 Å². The van der Waals surface area contributed by atoms with E-state index in [4.69, 9.17) is 9.47 Å². The molecule has 20 heavy (non-hydrogen) atoms. The lowest BCUT2D eigenvalue weighted by atomic mass is 10.1. The molecule has 2 heterocycles. The van der Waals surface area contributed by atoms with E-state index in [1.807, 2.05) is 30.5 Å². The molecule has 6 heteroatoms. The molecular formula is C14H14N4O2. The number of imidazole rings is 1. The highest BCUT2D eigenvalue weighted by Gasteiger charge is 2.10. The Balaban J connectivity index is 1.96. The molecule has 3 aromatic rings. The number of fused-ring (bicyclic) bond motifs is 1. The summed E-state index contributed by atoms with van der Waals surface area (Å²) < 4.78 is 12.3. The lowest BCUT2D eigenvalue weighted by Crippen LogP contribution is -2.04. The van der Waals surface area contributed by atoms with Crippen LogP contribution < -0.4 is 4.74 Å². The molecule has 0 fully saturated rings. The molecule has 3 rings (SSSR count). The van der Waals surface area contributed by atoms with Gasteiger partial charge in [-0.05, 0) is 12.1 Å². The molecule has 0 atom stereocenters. The van der Waals surface area contributed by atoms with E-state index in [0.29, 0.717) is 19.0 Å². The van der Waals surface area contributed by atoms with E-state index < -0.39 is 0 Å². The number of rotatable bonds is 5. The maximum Gasteiger partial charge on any atom is 0.251 e. The minimum absolute atomic E-state index is 0.497. The normalized spacial score (nSPS) is 10.8. The van der Waals surface area contributed by atoms with Crippen molar-refractivity contribution in [2.24, 2.45) is 0 Å². The third-order valence-corrected chi connectivity index (χ3v) is 2.83. The van der Waals surface area contributed by atoms with Crippen molar-refractivity contribution in [3.63, 3.8) is 0 Å². The van der Waals surface area contributed by atoms with Crippen LogP contribution in [0.5, 0.6) is 5.75 Å². The number of hydrogen-bond donors (Lipinski definition) is 0. The summed E-state index contributed by atoms with van der Waals surface area (Å²) in [4.78, 5) is 8.61. The smallest absolute Gasteiger partial charge is 0.251 e. The van der Waals surface area contributed by atoms with Gasteiger partial charge in [0.1, 0.15) is 12.4 Å². The lowest BCUT2D eigenvalue weighted by molar-refractivity contribution is 0.146. The molecule has 0 spiro atoms. The quantitative estimate of drug-likeness (QED) is 0.662. The van der Waals surface area contributed by atoms with Gasteiger partial charge in [0.05, 0.1) is 30.9 Å². The van der Waals surface area contributed by atoms with Gasteiger partial charge in [0.15, 0.2) is 0 Å². The highest BCUT2D eigenvalue weighted by Crippen LogP contribution is 2.28. The molecule has 102 valence electrons. The van der Waals surface area contributed by atoms with Crippen LogP contribution in [0, 0.1) is 0 Å². The van der Waals surface area contributed by atoms with E-state index >= 15 is 0 Å². The van der Waals surface area contributed by atoms with Gasteiger partial charge in [-0.1, -0.05) is 12.1 Å². The average Bonchev–Trinajstić information content (AvgIpc) is 2.92. The summed E-state index contributed by atoms with van der Waals surface area (Å²) in [6.45, 7) is 1.04. The van der Waals surface area contributed by atoms with Crippen LogP contribution in [-0.2, 0) is 4.74 Å². The monoisotopic (exact) mass is 270 g/mol. The van der Waals surface area contributed by atoms with E-state index in [-0.39, 0.29) is 0 Å². The molecule has 0 bridgehead atoms. The number of methoxy groups -OCH3 is 1. The van der Waals surface area contributed by atoms with E-state index in [9.17, 15) is 0 Å². The summed E-state index contributed by atoms with van der Waals surface area (Å²) in [5.74, 6) is 1.34. The van der Waals surface area contributed by atoms with Gasteiger partial charge in [-0.2, -0.15) is 5.10 Å². The first-order chi connectivity index (χ1) is 9.88. The van der Waals surface area contributed by atoms with Crippen molar-refractivity contribution in [1.82, 2.24) is 19.6 Å². The Hall–Kier alpha value is -2.47. The van der Waals surface area contributed by atoms with Crippen LogP contribution in [-0.4, -0.2) is 39.9 Å². The second-order valence-corrected chi connectivity index (χ2v) is 4.15. The largest absolute Gasteiger partial charge is 0.490 e. The third-order valence-electron chi connectivity index (χ3n) is 2.83. The molecule has 2 aromatic heterocycles. The highest BCUT2D eigenvalue weighted by atomic mass is 16.5. The summed E-state index contributed by atoms with van der Waals surface area (Å²) in [5, 5.41) is 4.16. The van der Waals surface area contributed by atoms with Crippen LogP contribution in [0.1, 0.15) is 0 Å². The molecule has 0 aliphatic heterocycles. The number of para-hydroxylation sites is 1. The first kappa shape index (κ1) is 12.6. The van der Waals surface area contributed by atoms with Crippen molar-refractivity contribution in [3.8, 4) is 17.0 Å². The number of nitrogens with zero attached hydrogens (tertiary/aromatic N) is 4. The number of ether oxygens (including phenoxy) is 2. The zero-order valence-electron chi connectivity index (χ0n) is 11.1. The topological polar surface area (TPSA) is 61.5 Å². The molecule has 0 unspecified atom stereocenters. The van der Waals surface area contributed by atoms with Crippen molar-refractivity contribution in [1.29, 1.82) is 0 Å². The van der Waals surface area contributed by atoms with Gasteiger partial charge in [-0.15, -0.1) is 0 Å². The van der Waals surface area contributed by atoms with Crippen LogP contribution >= 0.6 is 0 Å². The van der Waals surface area contributed by atoms with Crippen LogP contribution in [0.4, 0.5) is 0 Å². The minimum atomic E-state index is 0.497. The molecule has 0 aliphatic carbocycles. The summed E-state index contributed by atoms with van der Waals surface area (Å²) in [7, 11) is 1.65. The average molecular weight is 270 g/mol. The molecule has 0 amide bonds. The Kier molecular flexibility index (Phi) is 3.56. The van der Waals surface area contributed by atoms with Gasteiger partial charge in [0.25, 0.3) is 5.78 Å². The van der Waals surface area contributed by atoms with Gasteiger partial charge in [-0.3, -0.25) is 0 Å². The Bertz CT molecular complexity index is 678. The molecule has 0 saturated carbocycles.